The molecule has 4 N–H and O–H groups in total. The molecule has 2 aliphatic carbocycles. The minimum atomic E-state index is -4.95. The minimum Gasteiger partial charge on any atom is -0.370 e. The van der Waals surface area contributed by atoms with Crippen LogP contribution in [0.3, 0.4) is 0 Å². The number of guanidine groups is 1. The summed E-state index contributed by atoms with van der Waals surface area (Å²) in [6, 6.07) is 3.35. The molecule has 284 valence electrons. The van der Waals surface area contributed by atoms with Crippen molar-refractivity contribution in [1.82, 2.24) is 0 Å². The zero-order chi connectivity index (χ0) is 38.5. The first-order valence-corrected chi connectivity index (χ1v) is 19.7. The molecule has 4 rings (SSSR count). The van der Waals surface area contributed by atoms with Crippen LogP contribution in [-0.2, 0) is 32.0 Å². The summed E-state index contributed by atoms with van der Waals surface area (Å²) in [6.07, 6.45) is -2.29. The summed E-state index contributed by atoms with van der Waals surface area (Å²) in [7, 11) is -8.34. The van der Waals surface area contributed by atoms with Crippen LogP contribution in [-0.4, -0.2) is 44.4 Å². The van der Waals surface area contributed by atoms with Gasteiger partial charge in [0.25, 0.3) is 11.1 Å². The molecule has 2 fully saturated rings. The molecule has 0 radical (unpaired) electrons. The van der Waals surface area contributed by atoms with E-state index in [1.807, 2.05) is 0 Å². The Hall–Kier alpha value is -3.18. The summed E-state index contributed by atoms with van der Waals surface area (Å²) in [5, 5.41) is -2.73. The van der Waals surface area contributed by atoms with Crippen LogP contribution in [0, 0.1) is 13.8 Å². The molecule has 0 spiro atoms. The van der Waals surface area contributed by atoms with Crippen molar-refractivity contribution in [3.05, 3.63) is 57.6 Å². The number of amides is 1. The van der Waals surface area contributed by atoms with Crippen molar-refractivity contribution in [2.75, 3.05) is 0 Å². The normalized spacial score (nSPS) is 17.0. The lowest BCUT2D eigenvalue weighted by Gasteiger charge is -2.21. The van der Waals surface area contributed by atoms with Crippen molar-refractivity contribution >= 4 is 48.4 Å². The van der Waals surface area contributed by atoms with Gasteiger partial charge in [-0.05, 0) is 86.5 Å². The van der Waals surface area contributed by atoms with Gasteiger partial charge in [0.2, 0.25) is 0 Å². The summed E-state index contributed by atoms with van der Waals surface area (Å²) in [4.78, 5) is 25.0. The van der Waals surface area contributed by atoms with E-state index in [1.54, 1.807) is 0 Å². The lowest BCUT2D eigenvalue weighted by atomic mass is 10.0. The van der Waals surface area contributed by atoms with Crippen molar-refractivity contribution in [3.8, 4) is 0 Å². The van der Waals surface area contributed by atoms with Gasteiger partial charge in [-0.1, -0.05) is 51.4 Å². The Morgan fingerprint density at radius 3 is 1.55 bits per heavy atom. The largest absolute Gasteiger partial charge is 0.417 e. The first-order valence-electron chi connectivity index (χ1n) is 16.3. The van der Waals surface area contributed by atoms with Crippen LogP contribution in [0.2, 0.25) is 0 Å². The van der Waals surface area contributed by atoms with Crippen molar-refractivity contribution in [1.29, 1.82) is 0 Å². The summed E-state index contributed by atoms with van der Waals surface area (Å²) >= 11 is 5.31. The molecule has 0 aliphatic heterocycles. The standard InChI is InChI=1S/C17H22F3N3O3S.C16H18ClF3O3S/c1-10-12(15(24)23-16(21)22)8-9-13(14(10)17(18,19)20)27(25,26)11-6-4-2-3-5-7-11;1-10-8-14(13(16(18,19)20)9-12(10)15(17)21)24(22,23)11-6-4-2-3-5-7-11/h8-9,11H,2-7H2,1H3,(H4,21,22,23,24);8-9,11H,2-7H2,1H3. The van der Waals surface area contributed by atoms with Gasteiger partial charge in [-0.2, -0.15) is 31.3 Å². The van der Waals surface area contributed by atoms with Crippen molar-refractivity contribution in [2.24, 2.45) is 16.5 Å². The highest BCUT2D eigenvalue weighted by Crippen LogP contribution is 2.42. The number of sulfone groups is 2. The van der Waals surface area contributed by atoms with Crippen molar-refractivity contribution in [2.45, 2.75) is 124 Å². The molecular formula is C33H40ClF6N3O6S2. The Balaban J connectivity index is 0.000000277. The number of nitrogens with two attached hydrogens (primary N) is 2. The maximum atomic E-state index is 13.7. The highest BCUT2D eigenvalue weighted by atomic mass is 35.5. The second kappa shape index (κ2) is 16.7. The predicted octanol–water partition coefficient (Wildman–Crippen LogP) is 7.81. The molecule has 0 unspecified atom stereocenters. The van der Waals surface area contributed by atoms with Gasteiger partial charge in [-0.15, -0.1) is 0 Å². The van der Waals surface area contributed by atoms with Crippen LogP contribution < -0.4 is 11.5 Å². The fourth-order valence-corrected chi connectivity index (χ4v) is 11.0. The first-order chi connectivity index (χ1) is 23.5. The number of hydrogen-bond acceptors (Lipinski definition) is 6. The molecule has 0 saturated heterocycles. The number of aryl methyl sites for hydroxylation is 1. The van der Waals surface area contributed by atoms with E-state index < -0.39 is 91.7 Å². The summed E-state index contributed by atoms with van der Waals surface area (Å²) in [6.45, 7) is 2.42. The predicted molar refractivity (Wildman–Crippen MR) is 180 cm³/mol. The highest BCUT2D eigenvalue weighted by molar-refractivity contribution is 7.92. The lowest BCUT2D eigenvalue weighted by molar-refractivity contribution is -0.141. The Kier molecular flexibility index (Phi) is 13.8. The van der Waals surface area contributed by atoms with E-state index in [0.29, 0.717) is 57.4 Å². The second-order valence-corrected chi connectivity index (χ2v) is 17.4. The van der Waals surface area contributed by atoms with Gasteiger partial charge in [0.05, 0.1) is 31.4 Å². The van der Waals surface area contributed by atoms with E-state index in [-0.39, 0.29) is 11.1 Å². The molecule has 2 saturated carbocycles. The summed E-state index contributed by atoms with van der Waals surface area (Å²) < 4.78 is 133. The molecule has 0 atom stereocenters. The Labute approximate surface area is 298 Å². The lowest BCUT2D eigenvalue weighted by Crippen LogP contribution is -2.26. The number of hydrogen-bond donors (Lipinski definition) is 2. The summed E-state index contributed by atoms with van der Waals surface area (Å²) in [5.41, 5.74) is 6.45. The second-order valence-electron chi connectivity index (χ2n) is 12.7. The van der Waals surface area contributed by atoms with Gasteiger partial charge in [-0.3, -0.25) is 9.59 Å². The quantitative estimate of drug-likeness (QED) is 0.0983. The zero-order valence-electron chi connectivity index (χ0n) is 28.0. The van der Waals surface area contributed by atoms with Gasteiger partial charge >= 0.3 is 12.4 Å². The average molecular weight is 788 g/mol. The molecule has 51 heavy (non-hydrogen) atoms. The number of carbonyl (C=O) groups excluding carboxylic acids is 2. The first kappa shape index (κ1) is 42.2. The maximum Gasteiger partial charge on any atom is 0.417 e. The Bertz CT molecular complexity index is 1860. The number of aliphatic imine (C=N–C) groups is 1. The third-order valence-electron chi connectivity index (χ3n) is 9.11. The third kappa shape index (κ3) is 10.2. The number of alkyl halides is 6. The van der Waals surface area contributed by atoms with Crippen molar-refractivity contribution < 1.29 is 52.8 Å². The summed E-state index contributed by atoms with van der Waals surface area (Å²) in [5.74, 6) is -1.65. The van der Waals surface area contributed by atoms with Crippen LogP contribution in [0.1, 0.15) is 120 Å². The monoisotopic (exact) mass is 787 g/mol. The molecule has 2 aromatic carbocycles. The van der Waals surface area contributed by atoms with Crippen LogP contribution in [0.15, 0.2) is 39.0 Å². The fourth-order valence-electron chi connectivity index (χ4n) is 6.50. The Morgan fingerprint density at radius 1 is 0.706 bits per heavy atom. The van der Waals surface area contributed by atoms with Crippen molar-refractivity contribution in [3.63, 3.8) is 0 Å². The molecule has 0 bridgehead atoms. The fraction of sp³-hybridized carbons (Fsp3) is 0.545. The van der Waals surface area contributed by atoms with Crippen LogP contribution in [0.25, 0.3) is 0 Å². The Morgan fingerprint density at radius 2 is 1.16 bits per heavy atom. The zero-order valence-corrected chi connectivity index (χ0v) is 30.4. The molecule has 18 heteroatoms. The SMILES string of the molecule is Cc1c(C(=O)N=C(N)N)ccc(S(=O)(=O)C2CCCCCC2)c1C(F)(F)F.Cc1cc(S(=O)(=O)C2CCCCCC2)c(C(F)(F)F)cc1C(=O)Cl. The number of carbonyl (C=O) groups is 2. The van der Waals surface area contributed by atoms with Gasteiger partial charge in [0, 0.05) is 11.1 Å². The topological polar surface area (TPSA) is 167 Å². The average Bonchev–Trinajstić information content (AvgIpc) is 3.46. The molecular weight excluding hydrogens is 748 g/mol. The number of halogens is 7. The van der Waals surface area contributed by atoms with Gasteiger partial charge in [0.15, 0.2) is 25.6 Å². The van der Waals surface area contributed by atoms with Crippen LogP contribution in [0.5, 0.6) is 0 Å². The number of rotatable bonds is 6. The van der Waals surface area contributed by atoms with Crippen LogP contribution >= 0.6 is 11.6 Å². The van der Waals surface area contributed by atoms with E-state index in [4.69, 9.17) is 23.1 Å². The number of benzene rings is 2. The van der Waals surface area contributed by atoms with Gasteiger partial charge in [-0.25, -0.2) is 16.8 Å². The smallest absolute Gasteiger partial charge is 0.370 e. The van der Waals surface area contributed by atoms with Crippen LogP contribution in [0.4, 0.5) is 26.3 Å². The van der Waals surface area contributed by atoms with Gasteiger partial charge < -0.3 is 11.5 Å². The molecule has 0 aromatic heterocycles. The molecule has 2 aromatic rings. The molecule has 0 heterocycles. The van der Waals surface area contributed by atoms with E-state index in [2.05, 4.69) is 4.99 Å². The van der Waals surface area contributed by atoms with E-state index in [0.717, 1.165) is 50.8 Å². The van der Waals surface area contributed by atoms with E-state index in [9.17, 15) is 52.8 Å². The van der Waals surface area contributed by atoms with Gasteiger partial charge in [0.1, 0.15) is 0 Å². The minimum absolute atomic E-state index is 0.121. The highest BCUT2D eigenvalue weighted by Gasteiger charge is 2.43. The third-order valence-corrected chi connectivity index (χ3v) is 13.9. The van der Waals surface area contributed by atoms with E-state index >= 15 is 0 Å². The molecule has 9 nitrogen and oxygen atoms in total. The molecule has 1 amide bonds. The number of nitrogens with zero attached hydrogens (tertiary/aromatic N) is 1. The maximum absolute atomic E-state index is 13.7. The van der Waals surface area contributed by atoms with E-state index in [1.165, 1.54) is 6.92 Å². The molecule has 2 aliphatic rings.